The quantitative estimate of drug-likeness (QED) is 0.292. The highest BCUT2D eigenvalue weighted by Crippen LogP contribution is 2.51. The number of likely N-dealkylation sites (tertiary alicyclic amines) is 2. The maximum atomic E-state index is 14.5. The van der Waals surface area contributed by atoms with Crippen molar-refractivity contribution in [3.05, 3.63) is 95.7 Å². The van der Waals surface area contributed by atoms with Crippen LogP contribution in [-0.2, 0) is 41.7 Å². The van der Waals surface area contributed by atoms with Crippen LogP contribution in [0.4, 0.5) is 0 Å². The van der Waals surface area contributed by atoms with E-state index in [1.165, 1.54) is 7.11 Å². The number of methoxy groups -OCH3 is 1. The van der Waals surface area contributed by atoms with E-state index in [0.717, 1.165) is 41.2 Å². The van der Waals surface area contributed by atoms with E-state index in [2.05, 4.69) is 0 Å². The molecule has 2 amide bonds. The molecule has 0 aromatic heterocycles. The van der Waals surface area contributed by atoms with Crippen molar-refractivity contribution >= 4 is 28.6 Å². The van der Waals surface area contributed by atoms with Crippen molar-refractivity contribution in [2.24, 2.45) is 11.3 Å². The second-order valence-electron chi connectivity index (χ2n) is 12.4. The lowest BCUT2D eigenvalue weighted by atomic mass is 9.66. The smallest absolute Gasteiger partial charge is 0.320 e. The number of hydrogen-bond acceptors (Lipinski definition) is 6. The summed E-state index contributed by atoms with van der Waals surface area (Å²) in [6.07, 6.45) is 4.01. The molecule has 8 heteroatoms. The van der Waals surface area contributed by atoms with E-state index in [4.69, 9.17) is 14.2 Å². The molecule has 45 heavy (non-hydrogen) atoms. The molecule has 2 saturated heterocycles. The van der Waals surface area contributed by atoms with Crippen LogP contribution >= 0.6 is 0 Å². The second kappa shape index (κ2) is 13.5. The molecule has 3 aliphatic rings. The predicted molar refractivity (Wildman–Crippen MR) is 171 cm³/mol. The Balaban J connectivity index is 1.37. The molecule has 3 aliphatic heterocycles. The van der Waals surface area contributed by atoms with Crippen LogP contribution in [0.25, 0.3) is 10.8 Å². The van der Waals surface area contributed by atoms with Gasteiger partial charge in [0.05, 0.1) is 33.0 Å². The minimum absolute atomic E-state index is 0.0397. The summed E-state index contributed by atoms with van der Waals surface area (Å²) in [5, 5.41) is 2.10. The first-order chi connectivity index (χ1) is 21.9. The fourth-order valence-corrected chi connectivity index (χ4v) is 7.26. The number of esters is 1. The first-order valence-electron chi connectivity index (χ1n) is 16.0. The van der Waals surface area contributed by atoms with Gasteiger partial charge in [0.15, 0.2) is 0 Å². The summed E-state index contributed by atoms with van der Waals surface area (Å²) in [4.78, 5) is 45.5. The Morgan fingerprint density at radius 1 is 0.956 bits per heavy atom. The van der Waals surface area contributed by atoms with Gasteiger partial charge >= 0.3 is 5.97 Å². The van der Waals surface area contributed by atoms with Gasteiger partial charge in [-0.1, -0.05) is 72.8 Å². The summed E-state index contributed by atoms with van der Waals surface area (Å²) < 4.78 is 17.9. The number of benzene rings is 3. The summed E-state index contributed by atoms with van der Waals surface area (Å²) in [6.45, 7) is 4.20. The van der Waals surface area contributed by atoms with Crippen LogP contribution in [0.1, 0.15) is 50.2 Å². The Labute approximate surface area is 264 Å². The Bertz CT molecular complexity index is 1560. The van der Waals surface area contributed by atoms with Gasteiger partial charge in [0.25, 0.3) is 0 Å². The predicted octanol–water partition coefficient (Wildman–Crippen LogP) is 5.64. The molecule has 0 spiro atoms. The van der Waals surface area contributed by atoms with Gasteiger partial charge in [-0.05, 0) is 60.6 Å². The maximum absolute atomic E-state index is 14.5. The number of amides is 2. The van der Waals surface area contributed by atoms with Crippen molar-refractivity contribution in [2.75, 3.05) is 26.8 Å². The van der Waals surface area contributed by atoms with E-state index >= 15 is 0 Å². The Hall–Kier alpha value is -4.01. The number of nitrogens with zero attached hydrogens (tertiary/aromatic N) is 2. The number of hydrogen-bond donors (Lipinski definition) is 0. The molecule has 0 saturated carbocycles. The lowest BCUT2D eigenvalue weighted by Crippen LogP contribution is -2.60. The molecule has 0 aliphatic carbocycles. The molecule has 3 aromatic carbocycles. The van der Waals surface area contributed by atoms with Crippen molar-refractivity contribution < 1.29 is 28.6 Å². The zero-order chi connectivity index (χ0) is 31.4. The molecule has 236 valence electrons. The summed E-state index contributed by atoms with van der Waals surface area (Å²) in [5.74, 6) is -1.35. The van der Waals surface area contributed by atoms with Gasteiger partial charge in [-0.3, -0.25) is 14.4 Å². The zero-order valence-electron chi connectivity index (χ0n) is 26.2. The van der Waals surface area contributed by atoms with Crippen LogP contribution < -0.4 is 0 Å². The number of carbonyl (C=O) groups is 3. The Kier molecular flexibility index (Phi) is 9.33. The maximum Gasteiger partial charge on any atom is 0.320 e. The largest absolute Gasteiger partial charge is 0.468 e. The van der Waals surface area contributed by atoms with E-state index in [1.54, 1.807) is 4.90 Å². The molecule has 3 heterocycles. The van der Waals surface area contributed by atoms with Gasteiger partial charge in [0.1, 0.15) is 11.5 Å². The number of piperidine rings is 2. The summed E-state index contributed by atoms with van der Waals surface area (Å²) in [7, 11) is 1.37. The fraction of sp³-hybridized carbons (Fsp3) is 0.432. The molecule has 2 fully saturated rings. The van der Waals surface area contributed by atoms with Crippen molar-refractivity contribution in [3.63, 3.8) is 0 Å². The Morgan fingerprint density at radius 2 is 1.69 bits per heavy atom. The van der Waals surface area contributed by atoms with Crippen LogP contribution in [-0.4, -0.2) is 66.6 Å². The molecule has 0 unspecified atom stereocenters. The lowest BCUT2D eigenvalue weighted by molar-refractivity contribution is -0.178. The van der Waals surface area contributed by atoms with Gasteiger partial charge < -0.3 is 24.0 Å². The fourth-order valence-electron chi connectivity index (χ4n) is 7.26. The van der Waals surface area contributed by atoms with Gasteiger partial charge in [-0.2, -0.15) is 0 Å². The number of carbonyl (C=O) groups excluding carboxylic acids is 3. The highest BCUT2D eigenvalue weighted by atomic mass is 16.5. The molecule has 4 atom stereocenters. The number of ether oxygens (including phenoxy) is 3. The minimum Gasteiger partial charge on any atom is -0.468 e. The first-order valence-corrected chi connectivity index (χ1v) is 16.0. The third-order valence-electron chi connectivity index (χ3n) is 9.63. The van der Waals surface area contributed by atoms with Crippen LogP contribution in [0, 0.1) is 11.3 Å². The van der Waals surface area contributed by atoms with Crippen molar-refractivity contribution in [3.8, 4) is 0 Å². The lowest BCUT2D eigenvalue weighted by Gasteiger charge is -2.51. The highest BCUT2D eigenvalue weighted by molar-refractivity contribution is 5.93. The van der Waals surface area contributed by atoms with Crippen molar-refractivity contribution in [1.82, 2.24) is 9.80 Å². The number of rotatable bonds is 9. The zero-order valence-corrected chi connectivity index (χ0v) is 26.2. The van der Waals surface area contributed by atoms with Crippen LogP contribution in [0.3, 0.4) is 0 Å². The summed E-state index contributed by atoms with van der Waals surface area (Å²) >= 11 is 0. The summed E-state index contributed by atoms with van der Waals surface area (Å²) in [5.41, 5.74) is 1.32. The van der Waals surface area contributed by atoms with Crippen LogP contribution in [0.2, 0.25) is 0 Å². The molecule has 6 rings (SSSR count). The average Bonchev–Trinajstić information content (AvgIpc) is 3.07. The van der Waals surface area contributed by atoms with E-state index in [9.17, 15) is 14.4 Å². The van der Waals surface area contributed by atoms with E-state index in [1.807, 2.05) is 90.7 Å². The SMILES string of the molecule is COC(=O)[C@]12C[C@H](CC(=O)N3CCCCC3)C(=O)N(Cc3cccc4ccccc34)C1=C[C@H](COCc1ccccc1)O[C@@H]2C. The normalized spacial score (nSPS) is 25.1. The topological polar surface area (TPSA) is 85.4 Å². The molecular formula is C37H42N2O6. The molecule has 0 bridgehead atoms. The standard InChI is InChI=1S/C37H42N2O6/c1-26-37(36(42)43-2)22-30(20-34(40)38-18-9-4-10-19-38)35(41)39(23-29-16-11-15-28-14-7-8-17-32(28)29)33(37)21-31(45-26)25-44-24-27-12-5-3-6-13-27/h3,5-8,11-17,21,26,30-31H,4,9-10,18-20,22-25H2,1-2H3/t26-,30+,31-,37+/m1/s1. The van der Waals surface area contributed by atoms with E-state index in [-0.39, 0.29) is 37.8 Å². The Morgan fingerprint density at radius 3 is 2.47 bits per heavy atom. The molecule has 0 radical (unpaired) electrons. The van der Waals surface area contributed by atoms with Crippen molar-refractivity contribution in [1.29, 1.82) is 0 Å². The van der Waals surface area contributed by atoms with Gasteiger partial charge in [-0.15, -0.1) is 0 Å². The molecule has 8 nitrogen and oxygen atoms in total. The molecule has 3 aromatic rings. The second-order valence-corrected chi connectivity index (χ2v) is 12.4. The number of fused-ring (bicyclic) bond motifs is 2. The van der Waals surface area contributed by atoms with Gasteiger partial charge in [-0.25, -0.2) is 0 Å². The molecule has 0 N–H and O–H groups in total. The van der Waals surface area contributed by atoms with Crippen molar-refractivity contribution in [2.45, 2.75) is 64.4 Å². The van der Waals surface area contributed by atoms with Crippen LogP contribution in [0.5, 0.6) is 0 Å². The monoisotopic (exact) mass is 610 g/mol. The third-order valence-corrected chi connectivity index (χ3v) is 9.63. The third kappa shape index (κ3) is 6.26. The molecular weight excluding hydrogens is 568 g/mol. The van der Waals surface area contributed by atoms with E-state index in [0.29, 0.717) is 25.4 Å². The van der Waals surface area contributed by atoms with Crippen LogP contribution in [0.15, 0.2) is 84.6 Å². The van der Waals surface area contributed by atoms with E-state index < -0.39 is 29.5 Å². The summed E-state index contributed by atoms with van der Waals surface area (Å²) in [6, 6.07) is 24.0. The first kappa shape index (κ1) is 31.0. The highest BCUT2D eigenvalue weighted by Gasteiger charge is 2.59. The average molecular weight is 611 g/mol. The minimum atomic E-state index is -1.25. The van der Waals surface area contributed by atoms with Gasteiger partial charge in [0.2, 0.25) is 11.8 Å². The van der Waals surface area contributed by atoms with Gasteiger partial charge in [0, 0.05) is 31.1 Å².